The Balaban J connectivity index is 1.34. The molecule has 7 nitrogen and oxygen atoms in total. The first-order valence-electron chi connectivity index (χ1n) is 10.2. The summed E-state index contributed by atoms with van der Waals surface area (Å²) in [6, 6.07) is 14.6. The minimum Gasteiger partial charge on any atom is -0.359 e. The van der Waals surface area contributed by atoms with Crippen LogP contribution in [0.3, 0.4) is 0 Å². The van der Waals surface area contributed by atoms with E-state index < -0.39 is 10.0 Å². The fourth-order valence-corrected chi connectivity index (χ4v) is 6.14. The first kappa shape index (κ1) is 20.0. The van der Waals surface area contributed by atoms with E-state index in [1.165, 1.54) is 29.0 Å². The van der Waals surface area contributed by atoms with Crippen molar-refractivity contribution < 1.29 is 13.2 Å². The highest BCUT2D eigenvalue weighted by Crippen LogP contribution is 2.33. The van der Waals surface area contributed by atoms with Crippen LogP contribution in [-0.4, -0.2) is 38.4 Å². The van der Waals surface area contributed by atoms with Gasteiger partial charge in [-0.3, -0.25) is 9.52 Å². The number of anilines is 3. The van der Waals surface area contributed by atoms with Crippen molar-refractivity contribution in [2.75, 3.05) is 27.6 Å². The molecule has 1 fully saturated rings. The molecule has 0 spiro atoms. The second kappa shape index (κ2) is 7.97. The van der Waals surface area contributed by atoms with Gasteiger partial charge in [-0.25, -0.2) is 13.4 Å². The maximum atomic E-state index is 13.3. The average Bonchev–Trinajstić information content (AvgIpc) is 3.42. The second-order valence-corrected chi connectivity index (χ2v) is 10.2. The quantitative estimate of drug-likeness (QED) is 0.638. The molecular weight excluding hydrogens is 432 g/mol. The van der Waals surface area contributed by atoms with Crippen molar-refractivity contribution in [2.45, 2.75) is 30.2 Å². The highest BCUT2D eigenvalue weighted by Gasteiger charge is 2.38. The van der Waals surface area contributed by atoms with Crippen LogP contribution in [0.2, 0.25) is 0 Å². The van der Waals surface area contributed by atoms with Crippen LogP contribution < -0.4 is 14.5 Å². The molecular formula is C22H22N4O3S2. The first-order chi connectivity index (χ1) is 15.0. The number of carbonyl (C=O) groups is 1. The molecule has 31 heavy (non-hydrogen) atoms. The summed E-state index contributed by atoms with van der Waals surface area (Å²) in [5, 5.41) is 2.03. The smallest absolute Gasteiger partial charge is 0.263 e. The Hall–Kier alpha value is -2.91. The van der Waals surface area contributed by atoms with E-state index in [-0.39, 0.29) is 16.8 Å². The number of para-hydroxylation sites is 1. The predicted molar refractivity (Wildman–Crippen MR) is 122 cm³/mol. The van der Waals surface area contributed by atoms with Gasteiger partial charge in [-0.15, -0.1) is 11.3 Å². The normalized spacial score (nSPS) is 18.8. The minimum absolute atomic E-state index is 0.0632. The molecule has 0 bridgehead atoms. The van der Waals surface area contributed by atoms with Gasteiger partial charge in [-0.2, -0.15) is 0 Å². The number of sulfonamides is 1. The Morgan fingerprint density at radius 1 is 1.06 bits per heavy atom. The zero-order valence-corrected chi connectivity index (χ0v) is 18.4. The number of thiazole rings is 1. The number of amides is 1. The Morgan fingerprint density at radius 2 is 1.87 bits per heavy atom. The number of fused-ring (bicyclic) bond motifs is 1. The van der Waals surface area contributed by atoms with Gasteiger partial charge in [0.05, 0.1) is 4.90 Å². The van der Waals surface area contributed by atoms with Gasteiger partial charge in [0.1, 0.15) is 6.04 Å². The number of aryl methyl sites for hydroxylation is 1. The van der Waals surface area contributed by atoms with Crippen LogP contribution in [0.25, 0.3) is 0 Å². The molecule has 0 saturated carbocycles. The van der Waals surface area contributed by atoms with E-state index in [0.717, 1.165) is 31.5 Å². The molecule has 9 heteroatoms. The Labute approximate surface area is 185 Å². The number of nitrogens with zero attached hydrogens (tertiary/aromatic N) is 3. The van der Waals surface area contributed by atoms with Crippen LogP contribution in [0.5, 0.6) is 0 Å². The van der Waals surface area contributed by atoms with Crippen molar-refractivity contribution in [3.63, 3.8) is 0 Å². The SMILES string of the molecule is O=C1[C@H](N2CCCc3ccccc32)CCN1c1ccc(S(=O)(=O)Nc2nccs2)cc1. The number of rotatable bonds is 5. The van der Waals surface area contributed by atoms with Gasteiger partial charge in [-0.1, -0.05) is 18.2 Å². The first-order valence-corrected chi connectivity index (χ1v) is 12.6. The number of aromatic nitrogens is 1. The molecule has 0 radical (unpaired) electrons. The predicted octanol–water partition coefficient (Wildman–Crippen LogP) is 3.50. The summed E-state index contributed by atoms with van der Waals surface area (Å²) < 4.78 is 27.5. The second-order valence-electron chi connectivity index (χ2n) is 7.66. The molecule has 1 saturated heterocycles. The number of nitrogens with one attached hydrogen (secondary N) is 1. The zero-order chi connectivity index (χ0) is 21.4. The highest BCUT2D eigenvalue weighted by molar-refractivity contribution is 7.93. The molecule has 1 amide bonds. The molecule has 1 N–H and O–H groups in total. The van der Waals surface area contributed by atoms with E-state index in [9.17, 15) is 13.2 Å². The van der Waals surface area contributed by atoms with Crippen molar-refractivity contribution in [3.8, 4) is 0 Å². The van der Waals surface area contributed by atoms with Gasteiger partial charge in [0.15, 0.2) is 5.13 Å². The minimum atomic E-state index is -3.71. The van der Waals surface area contributed by atoms with Crippen molar-refractivity contribution in [3.05, 3.63) is 65.7 Å². The van der Waals surface area contributed by atoms with E-state index in [1.807, 2.05) is 12.1 Å². The van der Waals surface area contributed by atoms with Gasteiger partial charge in [0, 0.05) is 36.0 Å². The van der Waals surface area contributed by atoms with Gasteiger partial charge >= 0.3 is 0 Å². The molecule has 3 heterocycles. The number of hydrogen-bond donors (Lipinski definition) is 1. The van der Waals surface area contributed by atoms with Crippen LogP contribution in [0, 0.1) is 0 Å². The topological polar surface area (TPSA) is 82.6 Å². The van der Waals surface area contributed by atoms with E-state index in [2.05, 4.69) is 26.7 Å². The standard InChI is InChI=1S/C22H22N4O3S2/c27-21-20(26-13-3-5-16-4-1-2-6-19(16)26)11-14-25(21)17-7-9-18(10-8-17)31(28,29)24-22-23-12-15-30-22/h1-2,4,6-10,12,15,20H,3,5,11,13-14H2,(H,23,24)/t20-/m1/s1. The molecule has 2 aliphatic rings. The average molecular weight is 455 g/mol. The van der Waals surface area contributed by atoms with Crippen LogP contribution in [-0.2, 0) is 21.2 Å². The fraction of sp³-hybridized carbons (Fsp3) is 0.273. The summed E-state index contributed by atoms with van der Waals surface area (Å²) in [4.78, 5) is 21.3. The summed E-state index contributed by atoms with van der Waals surface area (Å²) in [6.45, 7) is 1.49. The molecule has 2 aliphatic heterocycles. The van der Waals surface area contributed by atoms with E-state index >= 15 is 0 Å². The van der Waals surface area contributed by atoms with Crippen molar-refractivity contribution >= 4 is 43.8 Å². The summed E-state index contributed by atoms with van der Waals surface area (Å²) in [5.74, 6) is 0.0632. The molecule has 1 aromatic heterocycles. The number of benzene rings is 2. The van der Waals surface area contributed by atoms with E-state index in [1.54, 1.807) is 28.6 Å². The molecule has 0 unspecified atom stereocenters. The maximum absolute atomic E-state index is 13.3. The molecule has 3 aromatic rings. The lowest BCUT2D eigenvalue weighted by atomic mass is 9.99. The molecule has 0 aliphatic carbocycles. The van der Waals surface area contributed by atoms with E-state index in [0.29, 0.717) is 17.4 Å². The van der Waals surface area contributed by atoms with Gasteiger partial charge in [0.2, 0.25) is 5.91 Å². The van der Waals surface area contributed by atoms with Crippen molar-refractivity contribution in [2.24, 2.45) is 0 Å². The van der Waals surface area contributed by atoms with Crippen molar-refractivity contribution in [1.29, 1.82) is 0 Å². The summed E-state index contributed by atoms with van der Waals surface area (Å²) in [5.41, 5.74) is 3.16. The van der Waals surface area contributed by atoms with Crippen LogP contribution in [0.15, 0.2) is 65.0 Å². The molecule has 1 atom stereocenters. The monoisotopic (exact) mass is 454 g/mol. The number of carbonyl (C=O) groups excluding carboxylic acids is 1. The fourth-order valence-electron chi connectivity index (χ4n) is 4.35. The Kier molecular flexibility index (Phi) is 5.15. The van der Waals surface area contributed by atoms with Gasteiger partial charge < -0.3 is 9.80 Å². The van der Waals surface area contributed by atoms with E-state index in [4.69, 9.17) is 0 Å². The molecule has 5 rings (SSSR count). The summed E-state index contributed by atoms with van der Waals surface area (Å²) >= 11 is 1.22. The summed E-state index contributed by atoms with van der Waals surface area (Å²) in [7, 11) is -3.71. The third kappa shape index (κ3) is 3.79. The van der Waals surface area contributed by atoms with Crippen LogP contribution in [0.1, 0.15) is 18.4 Å². The third-order valence-corrected chi connectivity index (χ3v) is 7.98. The number of hydrogen-bond acceptors (Lipinski definition) is 6. The van der Waals surface area contributed by atoms with Crippen molar-refractivity contribution in [1.82, 2.24) is 4.98 Å². The highest BCUT2D eigenvalue weighted by atomic mass is 32.2. The van der Waals surface area contributed by atoms with Gasteiger partial charge in [0.25, 0.3) is 10.0 Å². The lowest BCUT2D eigenvalue weighted by Crippen LogP contribution is -2.44. The largest absolute Gasteiger partial charge is 0.359 e. The van der Waals surface area contributed by atoms with Crippen LogP contribution >= 0.6 is 11.3 Å². The lowest BCUT2D eigenvalue weighted by molar-refractivity contribution is -0.118. The molecule has 2 aromatic carbocycles. The lowest BCUT2D eigenvalue weighted by Gasteiger charge is -2.35. The Bertz CT molecular complexity index is 1190. The zero-order valence-electron chi connectivity index (χ0n) is 16.8. The Morgan fingerprint density at radius 3 is 2.65 bits per heavy atom. The maximum Gasteiger partial charge on any atom is 0.263 e. The summed E-state index contributed by atoms with van der Waals surface area (Å²) in [6.07, 6.45) is 4.38. The van der Waals surface area contributed by atoms with Crippen LogP contribution in [0.4, 0.5) is 16.5 Å². The molecule has 160 valence electrons. The van der Waals surface area contributed by atoms with Gasteiger partial charge in [-0.05, 0) is 55.2 Å². The third-order valence-electron chi connectivity index (χ3n) is 5.81.